The summed E-state index contributed by atoms with van der Waals surface area (Å²) in [5.74, 6) is -1.32. The molecule has 2 aromatic rings. The van der Waals surface area contributed by atoms with Crippen molar-refractivity contribution in [3.8, 4) is 5.75 Å². The molecule has 0 atom stereocenters. The molecule has 0 aliphatic rings. The minimum Gasteiger partial charge on any atom is -0.492 e. The third-order valence-corrected chi connectivity index (χ3v) is 2.65. The second kappa shape index (κ2) is 5.52. The standard InChI is InChI=1S/C13H11BF4NO/c1-9-4-10(7-19-6-9)8-20-13-3-2-11(15)5-12(13)14(16,17)18/h2-7H,8H2,1H3/q-1. The van der Waals surface area contributed by atoms with Crippen molar-refractivity contribution in [3.63, 3.8) is 0 Å². The molecule has 7 heteroatoms. The minimum absolute atomic E-state index is 0.0561. The van der Waals surface area contributed by atoms with Gasteiger partial charge < -0.3 is 17.7 Å². The number of hydrogen-bond donors (Lipinski definition) is 0. The lowest BCUT2D eigenvalue weighted by Gasteiger charge is -2.20. The number of aryl methyl sites for hydroxylation is 1. The van der Waals surface area contributed by atoms with Crippen molar-refractivity contribution in [2.45, 2.75) is 13.5 Å². The van der Waals surface area contributed by atoms with Gasteiger partial charge in [0.1, 0.15) is 12.4 Å². The van der Waals surface area contributed by atoms with Gasteiger partial charge in [-0.05, 0) is 36.8 Å². The van der Waals surface area contributed by atoms with Gasteiger partial charge in [0.25, 0.3) is 0 Å². The molecule has 0 spiro atoms. The largest absolute Gasteiger partial charge is 0.513 e. The van der Waals surface area contributed by atoms with E-state index >= 15 is 0 Å². The zero-order valence-corrected chi connectivity index (χ0v) is 10.6. The lowest BCUT2D eigenvalue weighted by Crippen LogP contribution is -2.35. The van der Waals surface area contributed by atoms with Crippen LogP contribution in [0.4, 0.5) is 17.3 Å². The number of nitrogens with zero attached hydrogens (tertiary/aromatic N) is 1. The Hall–Kier alpha value is -2.05. The van der Waals surface area contributed by atoms with Crippen LogP contribution in [0.2, 0.25) is 0 Å². The van der Waals surface area contributed by atoms with Gasteiger partial charge in [0.05, 0.1) is 5.75 Å². The fourth-order valence-electron chi connectivity index (χ4n) is 1.76. The van der Waals surface area contributed by atoms with Crippen molar-refractivity contribution < 1.29 is 22.1 Å². The molecule has 2 rings (SSSR count). The van der Waals surface area contributed by atoms with E-state index in [1.54, 1.807) is 12.3 Å². The topological polar surface area (TPSA) is 22.1 Å². The molecule has 0 bridgehead atoms. The molecule has 0 aliphatic carbocycles. The van der Waals surface area contributed by atoms with E-state index in [2.05, 4.69) is 4.98 Å². The summed E-state index contributed by atoms with van der Waals surface area (Å²) >= 11 is 0. The first-order valence-corrected chi connectivity index (χ1v) is 5.89. The number of halogens is 4. The number of hydrogen-bond acceptors (Lipinski definition) is 2. The highest BCUT2D eigenvalue weighted by Gasteiger charge is 2.29. The van der Waals surface area contributed by atoms with Gasteiger partial charge in [0, 0.05) is 18.0 Å². The maximum atomic E-state index is 12.9. The van der Waals surface area contributed by atoms with Crippen LogP contribution < -0.4 is 10.2 Å². The van der Waals surface area contributed by atoms with Gasteiger partial charge in [0.2, 0.25) is 0 Å². The van der Waals surface area contributed by atoms with Crippen molar-refractivity contribution in [3.05, 3.63) is 53.6 Å². The number of benzene rings is 1. The molecule has 0 saturated heterocycles. The molecule has 0 N–H and O–H groups in total. The number of pyridine rings is 1. The smallest absolute Gasteiger partial charge is 0.492 e. The van der Waals surface area contributed by atoms with Crippen molar-refractivity contribution in [2.75, 3.05) is 0 Å². The molecule has 1 aromatic heterocycles. The number of rotatable bonds is 4. The maximum absolute atomic E-state index is 12.9. The van der Waals surface area contributed by atoms with Crippen LogP contribution in [-0.4, -0.2) is 12.0 Å². The quantitative estimate of drug-likeness (QED) is 0.635. The predicted molar refractivity (Wildman–Crippen MR) is 68.4 cm³/mol. The fourth-order valence-corrected chi connectivity index (χ4v) is 1.76. The van der Waals surface area contributed by atoms with Crippen molar-refractivity contribution in [1.29, 1.82) is 0 Å². The van der Waals surface area contributed by atoms with Crippen LogP contribution in [0, 0.1) is 12.7 Å². The van der Waals surface area contributed by atoms with E-state index in [-0.39, 0.29) is 12.4 Å². The van der Waals surface area contributed by atoms with E-state index in [1.165, 1.54) is 6.20 Å². The number of ether oxygens (including phenoxy) is 1. The van der Waals surface area contributed by atoms with Crippen LogP contribution in [-0.2, 0) is 6.61 Å². The molecule has 0 saturated carbocycles. The highest BCUT2D eigenvalue weighted by atomic mass is 19.4. The van der Waals surface area contributed by atoms with Crippen LogP contribution in [0.5, 0.6) is 5.75 Å². The Morgan fingerprint density at radius 2 is 1.90 bits per heavy atom. The SMILES string of the molecule is Cc1cncc(COc2ccc(F)cc2[B-](F)(F)F)c1. The first kappa shape index (κ1) is 14.4. The van der Waals surface area contributed by atoms with Crippen LogP contribution in [0.15, 0.2) is 36.7 Å². The Morgan fingerprint density at radius 3 is 2.55 bits per heavy atom. The molecule has 0 amide bonds. The van der Waals surface area contributed by atoms with Crippen molar-refractivity contribution in [2.24, 2.45) is 0 Å². The Kier molecular flexibility index (Phi) is 3.97. The summed E-state index contributed by atoms with van der Waals surface area (Å²) in [4.78, 5) is 3.92. The maximum Gasteiger partial charge on any atom is 0.513 e. The molecule has 0 unspecified atom stereocenters. The average Bonchev–Trinajstić information content (AvgIpc) is 2.36. The van der Waals surface area contributed by atoms with Crippen LogP contribution >= 0.6 is 0 Å². The Balaban J connectivity index is 2.21. The van der Waals surface area contributed by atoms with Gasteiger partial charge in [-0.25, -0.2) is 4.39 Å². The second-order valence-corrected chi connectivity index (χ2v) is 4.42. The molecule has 0 fully saturated rings. The number of aromatic nitrogens is 1. The molecule has 1 aromatic carbocycles. The molecule has 2 nitrogen and oxygen atoms in total. The van der Waals surface area contributed by atoms with Gasteiger partial charge in [-0.15, -0.1) is 0 Å². The van der Waals surface area contributed by atoms with E-state index in [0.717, 1.165) is 17.7 Å². The van der Waals surface area contributed by atoms with Gasteiger partial charge in [-0.3, -0.25) is 4.98 Å². The van der Waals surface area contributed by atoms with Gasteiger partial charge in [-0.2, -0.15) is 0 Å². The van der Waals surface area contributed by atoms with E-state index < -0.39 is 18.3 Å². The first-order chi connectivity index (χ1) is 9.36. The second-order valence-electron chi connectivity index (χ2n) is 4.42. The third kappa shape index (κ3) is 3.49. The Labute approximate surface area is 113 Å². The van der Waals surface area contributed by atoms with E-state index in [1.807, 2.05) is 6.92 Å². The first-order valence-electron chi connectivity index (χ1n) is 5.89. The Bertz CT molecular complexity index is 616. The van der Waals surface area contributed by atoms with E-state index in [9.17, 15) is 17.3 Å². The van der Waals surface area contributed by atoms with Gasteiger partial charge >= 0.3 is 6.98 Å². The summed E-state index contributed by atoms with van der Waals surface area (Å²) in [5.41, 5.74) is 0.464. The summed E-state index contributed by atoms with van der Waals surface area (Å²) in [7, 11) is 0. The zero-order valence-electron chi connectivity index (χ0n) is 10.6. The zero-order chi connectivity index (χ0) is 14.8. The normalized spacial score (nSPS) is 11.4. The predicted octanol–water partition coefficient (Wildman–Crippen LogP) is 3.16. The minimum atomic E-state index is -5.33. The van der Waals surface area contributed by atoms with Crippen molar-refractivity contribution >= 4 is 12.4 Å². The molecular formula is C13H11BF4NO-. The highest BCUT2D eigenvalue weighted by molar-refractivity contribution is 6.74. The molecule has 0 radical (unpaired) electrons. The Morgan fingerprint density at radius 1 is 1.15 bits per heavy atom. The molecule has 1 heterocycles. The third-order valence-electron chi connectivity index (χ3n) is 2.65. The lowest BCUT2D eigenvalue weighted by atomic mass is 9.79. The molecule has 106 valence electrons. The molecule has 20 heavy (non-hydrogen) atoms. The van der Waals surface area contributed by atoms with E-state index in [0.29, 0.717) is 11.6 Å². The highest BCUT2D eigenvalue weighted by Crippen LogP contribution is 2.19. The summed E-state index contributed by atoms with van der Waals surface area (Å²) in [6.07, 6.45) is 3.14. The van der Waals surface area contributed by atoms with Crippen molar-refractivity contribution in [1.82, 2.24) is 4.98 Å². The fraction of sp³-hybridized carbons (Fsp3) is 0.154. The average molecular weight is 284 g/mol. The van der Waals surface area contributed by atoms with E-state index in [4.69, 9.17) is 4.74 Å². The summed E-state index contributed by atoms with van der Waals surface area (Å²) in [6, 6.07) is 4.14. The monoisotopic (exact) mass is 284 g/mol. The summed E-state index contributed by atoms with van der Waals surface area (Å²) in [5, 5.41) is 0. The lowest BCUT2D eigenvalue weighted by molar-refractivity contribution is 0.306. The molecule has 0 aliphatic heterocycles. The summed E-state index contributed by atoms with van der Waals surface area (Å²) < 4.78 is 56.6. The van der Waals surface area contributed by atoms with Gasteiger partial charge in [-0.1, -0.05) is 5.46 Å². The summed E-state index contributed by atoms with van der Waals surface area (Å²) in [6.45, 7) is -3.57. The molecular weight excluding hydrogens is 273 g/mol. The van der Waals surface area contributed by atoms with Gasteiger partial charge in [0.15, 0.2) is 0 Å². The van der Waals surface area contributed by atoms with Crippen LogP contribution in [0.25, 0.3) is 0 Å². The van der Waals surface area contributed by atoms with Crippen LogP contribution in [0.3, 0.4) is 0 Å². The van der Waals surface area contributed by atoms with Crippen LogP contribution in [0.1, 0.15) is 11.1 Å².